The first kappa shape index (κ1) is 23.4. The first-order chi connectivity index (χ1) is 15.0. The number of nitrogens with zero attached hydrogens (tertiary/aromatic N) is 4. The monoisotopic (exact) mass is 479 g/mol. The Morgan fingerprint density at radius 1 is 1.19 bits per heavy atom. The third-order valence-electron chi connectivity index (χ3n) is 4.49. The molecule has 0 fully saturated rings. The number of thiazole rings is 1. The molecule has 0 aliphatic carbocycles. The van der Waals surface area contributed by atoms with Gasteiger partial charge in [-0.15, -0.1) is 32.9 Å². The van der Waals surface area contributed by atoms with Crippen LogP contribution in [0.2, 0.25) is 0 Å². The average molecular weight is 480 g/mol. The van der Waals surface area contributed by atoms with Gasteiger partial charge < -0.3 is 14.6 Å². The lowest BCUT2D eigenvalue weighted by Crippen LogP contribution is -2.15. The fraction of sp³-hybridized carbons (Fsp3) is 0.450. The van der Waals surface area contributed by atoms with Crippen LogP contribution in [-0.4, -0.2) is 44.0 Å². The second-order valence-corrected chi connectivity index (χ2v) is 9.44. The number of ether oxygens (including phenoxy) is 1. The highest BCUT2D eigenvalue weighted by Crippen LogP contribution is 2.32. The number of hydrogen-bond acceptors (Lipinski definition) is 9. The van der Waals surface area contributed by atoms with E-state index in [0.29, 0.717) is 29.1 Å². The fourth-order valence-corrected chi connectivity index (χ4v) is 5.54. The quantitative estimate of drug-likeness (QED) is 0.344. The Bertz CT molecular complexity index is 1060. The Morgan fingerprint density at radius 2 is 2.00 bits per heavy atom. The van der Waals surface area contributed by atoms with Crippen molar-refractivity contribution in [2.24, 2.45) is 0 Å². The van der Waals surface area contributed by atoms with Crippen molar-refractivity contribution in [3.05, 3.63) is 26.9 Å². The molecule has 0 aliphatic rings. The number of aromatic nitrogens is 4. The molecule has 0 bridgehead atoms. The van der Waals surface area contributed by atoms with E-state index < -0.39 is 0 Å². The van der Waals surface area contributed by atoms with Crippen molar-refractivity contribution in [2.75, 3.05) is 17.7 Å². The summed E-state index contributed by atoms with van der Waals surface area (Å²) in [6.45, 7) is 9.11. The number of carbonyl (C=O) groups is 2. The van der Waals surface area contributed by atoms with Gasteiger partial charge in [0.15, 0.2) is 16.1 Å². The number of thioether (sulfide) groups is 1. The molecule has 0 aromatic carbocycles. The Labute approximate surface area is 193 Å². The average Bonchev–Trinajstić information content (AvgIpc) is 3.44. The molecule has 0 saturated heterocycles. The lowest BCUT2D eigenvalue weighted by atomic mass is 10.1. The van der Waals surface area contributed by atoms with Crippen LogP contribution in [0, 0.1) is 6.92 Å². The van der Waals surface area contributed by atoms with Gasteiger partial charge in [-0.05, 0) is 32.8 Å². The summed E-state index contributed by atoms with van der Waals surface area (Å²) in [6.07, 6.45) is 1.04. The maximum atomic E-state index is 12.4. The second kappa shape index (κ2) is 10.9. The molecule has 3 rings (SSSR count). The molecule has 0 saturated carbocycles. The summed E-state index contributed by atoms with van der Waals surface area (Å²) in [4.78, 5) is 29.5. The topological polar surface area (TPSA) is 99.0 Å². The molecule has 3 aromatic heterocycles. The molecule has 11 heteroatoms. The van der Waals surface area contributed by atoms with Crippen LogP contribution in [-0.2, 0) is 33.7 Å². The van der Waals surface area contributed by atoms with Crippen molar-refractivity contribution in [3.8, 4) is 11.4 Å². The zero-order valence-corrected chi connectivity index (χ0v) is 20.4. The number of esters is 1. The summed E-state index contributed by atoms with van der Waals surface area (Å²) < 4.78 is 6.96. The van der Waals surface area contributed by atoms with Gasteiger partial charge in [-0.3, -0.25) is 9.59 Å². The highest BCUT2D eigenvalue weighted by atomic mass is 32.2. The molecule has 1 amide bonds. The molecule has 0 atom stereocenters. The molecule has 166 valence electrons. The van der Waals surface area contributed by atoms with E-state index in [9.17, 15) is 9.59 Å². The first-order valence-corrected chi connectivity index (χ1v) is 12.7. The largest absolute Gasteiger partial charge is 0.466 e. The van der Waals surface area contributed by atoms with E-state index in [-0.39, 0.29) is 24.1 Å². The molecule has 0 aliphatic heterocycles. The van der Waals surface area contributed by atoms with Crippen LogP contribution in [0.1, 0.15) is 36.9 Å². The Morgan fingerprint density at radius 3 is 2.71 bits per heavy atom. The van der Waals surface area contributed by atoms with Crippen molar-refractivity contribution >= 4 is 51.4 Å². The van der Waals surface area contributed by atoms with E-state index in [1.807, 2.05) is 11.5 Å². The minimum Gasteiger partial charge on any atom is -0.466 e. The zero-order chi connectivity index (χ0) is 22.4. The molecule has 8 nitrogen and oxygen atoms in total. The normalized spacial score (nSPS) is 11.0. The molecular weight excluding hydrogens is 454 g/mol. The maximum absolute atomic E-state index is 12.4. The van der Waals surface area contributed by atoms with Crippen molar-refractivity contribution in [1.82, 2.24) is 19.7 Å². The van der Waals surface area contributed by atoms with E-state index in [0.717, 1.165) is 17.8 Å². The molecule has 1 N–H and O–H groups in total. The smallest absolute Gasteiger partial charge is 0.311 e. The number of nitrogens with one attached hydrogen (secondary N) is 1. The highest BCUT2D eigenvalue weighted by molar-refractivity contribution is 7.99. The van der Waals surface area contributed by atoms with Gasteiger partial charge in [0.2, 0.25) is 5.91 Å². The Kier molecular flexibility index (Phi) is 8.22. The standard InChI is InChI=1S/C20H25N5O3S3/c1-5-14-12(4)29-10-15(14)18-23-24-20(25(18)6-2)31-11-16(26)22-19-21-13(9-30-19)8-17(27)28-7-3/h9-10H,5-8,11H2,1-4H3,(H,21,22,26). The molecular formula is C20H25N5O3S3. The number of rotatable bonds is 10. The summed E-state index contributed by atoms with van der Waals surface area (Å²) in [7, 11) is 0. The Balaban J connectivity index is 1.61. The summed E-state index contributed by atoms with van der Waals surface area (Å²) >= 11 is 4.34. The van der Waals surface area contributed by atoms with Gasteiger partial charge in [-0.1, -0.05) is 18.7 Å². The third-order valence-corrected chi connectivity index (χ3v) is 7.22. The van der Waals surface area contributed by atoms with Gasteiger partial charge in [-0.2, -0.15) is 0 Å². The van der Waals surface area contributed by atoms with E-state index >= 15 is 0 Å². The number of aryl methyl sites for hydroxylation is 1. The number of anilines is 1. The maximum Gasteiger partial charge on any atom is 0.311 e. The summed E-state index contributed by atoms with van der Waals surface area (Å²) in [6, 6.07) is 0. The van der Waals surface area contributed by atoms with Crippen molar-refractivity contribution in [1.29, 1.82) is 0 Å². The number of hydrogen-bond donors (Lipinski definition) is 1. The van der Waals surface area contributed by atoms with Gasteiger partial charge in [0.1, 0.15) is 0 Å². The minimum atomic E-state index is -0.331. The van der Waals surface area contributed by atoms with Gasteiger partial charge in [-0.25, -0.2) is 4.98 Å². The zero-order valence-electron chi connectivity index (χ0n) is 17.9. The van der Waals surface area contributed by atoms with Crippen LogP contribution in [0.25, 0.3) is 11.4 Å². The van der Waals surface area contributed by atoms with Crippen LogP contribution >= 0.6 is 34.4 Å². The third kappa shape index (κ3) is 5.72. The second-order valence-electron chi connectivity index (χ2n) is 6.55. The number of thiophene rings is 1. The van der Waals surface area contributed by atoms with Crippen LogP contribution in [0.3, 0.4) is 0 Å². The van der Waals surface area contributed by atoms with Crippen LogP contribution in [0.5, 0.6) is 0 Å². The molecule has 0 radical (unpaired) electrons. The van der Waals surface area contributed by atoms with E-state index in [1.165, 1.54) is 33.5 Å². The molecule has 31 heavy (non-hydrogen) atoms. The van der Waals surface area contributed by atoms with E-state index in [4.69, 9.17) is 4.74 Å². The van der Waals surface area contributed by atoms with Gasteiger partial charge in [0, 0.05) is 27.7 Å². The van der Waals surface area contributed by atoms with Gasteiger partial charge in [0.05, 0.1) is 24.5 Å². The molecule has 3 aromatic rings. The summed E-state index contributed by atoms with van der Waals surface area (Å²) in [5, 5.41) is 16.5. The minimum absolute atomic E-state index is 0.0964. The van der Waals surface area contributed by atoms with Crippen molar-refractivity contribution in [2.45, 2.75) is 52.2 Å². The first-order valence-electron chi connectivity index (χ1n) is 9.99. The van der Waals surface area contributed by atoms with Crippen LogP contribution < -0.4 is 5.32 Å². The van der Waals surface area contributed by atoms with Crippen molar-refractivity contribution < 1.29 is 14.3 Å². The van der Waals surface area contributed by atoms with Gasteiger partial charge >= 0.3 is 5.97 Å². The van der Waals surface area contributed by atoms with E-state index in [2.05, 4.69) is 39.7 Å². The van der Waals surface area contributed by atoms with Crippen LogP contribution in [0.15, 0.2) is 15.9 Å². The number of amides is 1. The predicted octanol–water partition coefficient (Wildman–Crippen LogP) is 4.19. The molecule has 0 unspecified atom stereocenters. The van der Waals surface area contributed by atoms with Gasteiger partial charge in [0.25, 0.3) is 0 Å². The highest BCUT2D eigenvalue weighted by Gasteiger charge is 2.19. The SMILES string of the molecule is CCOC(=O)Cc1csc(NC(=O)CSc2nnc(-c3csc(C)c3CC)n2CC)n1. The fourth-order valence-electron chi connectivity index (χ4n) is 3.08. The molecule has 3 heterocycles. The molecule has 0 spiro atoms. The Hall–Kier alpha value is -2.24. The van der Waals surface area contributed by atoms with Crippen molar-refractivity contribution in [3.63, 3.8) is 0 Å². The lowest BCUT2D eigenvalue weighted by Gasteiger charge is -2.08. The lowest BCUT2D eigenvalue weighted by molar-refractivity contribution is -0.142. The van der Waals surface area contributed by atoms with E-state index in [1.54, 1.807) is 23.6 Å². The summed E-state index contributed by atoms with van der Waals surface area (Å²) in [5.74, 6) is 0.516. The van der Waals surface area contributed by atoms with Crippen LogP contribution in [0.4, 0.5) is 5.13 Å². The predicted molar refractivity (Wildman–Crippen MR) is 125 cm³/mol. The number of carbonyl (C=O) groups excluding carboxylic acids is 2. The summed E-state index contributed by atoms with van der Waals surface area (Å²) in [5.41, 5.74) is 3.00.